The van der Waals surface area contributed by atoms with Crippen LogP contribution in [0.15, 0.2) is 29.6 Å². The maximum absolute atomic E-state index is 14.0. The Balaban J connectivity index is 2.31. The predicted molar refractivity (Wildman–Crippen MR) is 209 cm³/mol. The number of rotatable bonds is 20. The molecule has 0 bridgehead atoms. The summed E-state index contributed by atoms with van der Waals surface area (Å²) in [6, 6.07) is 4.18. The molecule has 0 spiro atoms. The summed E-state index contributed by atoms with van der Waals surface area (Å²) in [4.78, 5) is 70.7. The van der Waals surface area contributed by atoms with Crippen LogP contribution in [-0.2, 0) is 36.8 Å². The molecule has 5 amide bonds. The van der Waals surface area contributed by atoms with E-state index in [-0.39, 0.29) is 37.1 Å². The number of carbonyl (C=O) groups excluding carboxylic acids is 5. The summed E-state index contributed by atoms with van der Waals surface area (Å²) in [6.07, 6.45) is -1.53. The molecule has 0 aliphatic rings. The van der Waals surface area contributed by atoms with Crippen molar-refractivity contribution in [1.29, 1.82) is 0 Å². The minimum atomic E-state index is -1.24. The average molecular weight is 775 g/mol. The zero-order chi connectivity index (χ0) is 40.7. The molecular formula is C39H62N6O8S. The summed E-state index contributed by atoms with van der Waals surface area (Å²) in [5.74, 6) is -2.40. The molecule has 0 saturated heterocycles. The lowest BCUT2D eigenvalue weighted by Crippen LogP contribution is -2.58. The number of aromatic nitrogens is 1. The van der Waals surface area contributed by atoms with Crippen LogP contribution in [0.25, 0.3) is 0 Å². The van der Waals surface area contributed by atoms with E-state index in [1.165, 1.54) is 11.3 Å². The molecule has 302 valence electrons. The van der Waals surface area contributed by atoms with Crippen molar-refractivity contribution in [2.75, 3.05) is 20.2 Å². The molecule has 1 aromatic carbocycles. The summed E-state index contributed by atoms with van der Waals surface area (Å²) in [5.41, 5.74) is 0.815. The first-order valence-electron chi connectivity index (χ1n) is 18.6. The zero-order valence-electron chi connectivity index (χ0n) is 33.7. The van der Waals surface area contributed by atoms with Gasteiger partial charge in [0.05, 0.1) is 30.8 Å². The quantitative estimate of drug-likeness (QED) is 0.116. The van der Waals surface area contributed by atoms with Gasteiger partial charge in [-0.05, 0) is 70.1 Å². The SMILES string of the molecule is COc1ccc(C[C@H](NC(=O)[C@H](CNC(=O)OC(C)(C)C)NC(=O)[C@@H](C)Cc2nc(C)cs2)[C@@H](O)C[C@@H](C)C(=O)N[C@H](C(=O)NCC(C)C)C(C)C)cc1. The van der Waals surface area contributed by atoms with Gasteiger partial charge in [-0.3, -0.25) is 19.2 Å². The smallest absolute Gasteiger partial charge is 0.407 e. The van der Waals surface area contributed by atoms with Crippen LogP contribution in [0.3, 0.4) is 0 Å². The molecule has 2 rings (SSSR count). The van der Waals surface area contributed by atoms with Crippen molar-refractivity contribution in [2.45, 2.75) is 118 Å². The van der Waals surface area contributed by atoms with E-state index >= 15 is 0 Å². The third kappa shape index (κ3) is 16.4. The van der Waals surface area contributed by atoms with Gasteiger partial charge < -0.3 is 41.2 Å². The second kappa shape index (κ2) is 21.6. The molecule has 1 heterocycles. The third-order valence-corrected chi connectivity index (χ3v) is 9.45. The van der Waals surface area contributed by atoms with E-state index in [1.807, 2.05) is 40.0 Å². The second-order valence-corrected chi connectivity index (χ2v) is 16.6. The normalized spacial score (nSPS) is 14.9. The highest BCUT2D eigenvalue weighted by molar-refractivity contribution is 7.09. The topological polar surface area (TPSA) is 197 Å². The Hall–Kier alpha value is -4.24. The maximum Gasteiger partial charge on any atom is 0.407 e. The van der Waals surface area contributed by atoms with Crippen molar-refractivity contribution in [2.24, 2.45) is 23.7 Å². The molecule has 0 radical (unpaired) electrons. The molecule has 0 unspecified atom stereocenters. The number of nitrogens with one attached hydrogen (secondary N) is 5. The molecular weight excluding hydrogens is 713 g/mol. The fourth-order valence-electron chi connectivity index (χ4n) is 5.33. The minimum Gasteiger partial charge on any atom is -0.497 e. The minimum absolute atomic E-state index is 0.0528. The number of hydrogen-bond acceptors (Lipinski definition) is 10. The van der Waals surface area contributed by atoms with Gasteiger partial charge in [-0.15, -0.1) is 11.3 Å². The summed E-state index contributed by atoms with van der Waals surface area (Å²) in [5, 5.41) is 28.2. The number of benzene rings is 1. The van der Waals surface area contributed by atoms with Crippen LogP contribution in [0.4, 0.5) is 4.79 Å². The number of ether oxygens (including phenoxy) is 2. The second-order valence-electron chi connectivity index (χ2n) is 15.7. The van der Waals surface area contributed by atoms with E-state index in [9.17, 15) is 29.1 Å². The molecule has 14 nitrogen and oxygen atoms in total. The van der Waals surface area contributed by atoms with E-state index in [1.54, 1.807) is 66.0 Å². The number of thiazole rings is 1. The van der Waals surface area contributed by atoms with Crippen molar-refractivity contribution >= 4 is 41.1 Å². The van der Waals surface area contributed by atoms with Gasteiger partial charge in [0.1, 0.15) is 23.4 Å². The Morgan fingerprint density at radius 1 is 0.815 bits per heavy atom. The first-order chi connectivity index (χ1) is 25.2. The molecule has 6 N–H and O–H groups in total. The molecule has 0 aliphatic carbocycles. The summed E-state index contributed by atoms with van der Waals surface area (Å²) < 4.78 is 10.6. The van der Waals surface area contributed by atoms with Crippen molar-refractivity contribution in [1.82, 2.24) is 31.6 Å². The van der Waals surface area contributed by atoms with Gasteiger partial charge >= 0.3 is 6.09 Å². The lowest BCUT2D eigenvalue weighted by atomic mass is 9.92. The highest BCUT2D eigenvalue weighted by Crippen LogP contribution is 2.19. The first kappa shape index (κ1) is 45.9. The maximum atomic E-state index is 14.0. The predicted octanol–water partition coefficient (Wildman–Crippen LogP) is 3.68. The van der Waals surface area contributed by atoms with Crippen LogP contribution in [0.5, 0.6) is 5.75 Å². The molecule has 0 saturated carbocycles. The van der Waals surface area contributed by atoms with Gasteiger partial charge in [-0.1, -0.05) is 53.7 Å². The van der Waals surface area contributed by atoms with Crippen LogP contribution in [0, 0.1) is 30.6 Å². The Kier molecular flexibility index (Phi) is 18.4. The van der Waals surface area contributed by atoms with Crippen LogP contribution >= 0.6 is 11.3 Å². The summed E-state index contributed by atoms with van der Waals surface area (Å²) in [6.45, 7) is 18.2. The van der Waals surface area contributed by atoms with Gasteiger partial charge in [-0.2, -0.15) is 0 Å². The molecule has 0 fully saturated rings. The Morgan fingerprint density at radius 2 is 1.44 bits per heavy atom. The number of amides is 5. The summed E-state index contributed by atoms with van der Waals surface area (Å²) >= 11 is 1.44. The van der Waals surface area contributed by atoms with Crippen molar-refractivity contribution in [3.8, 4) is 5.75 Å². The molecule has 2 aromatic rings. The average Bonchev–Trinajstić information content (AvgIpc) is 3.50. The van der Waals surface area contributed by atoms with Crippen molar-refractivity contribution in [3.63, 3.8) is 0 Å². The highest BCUT2D eigenvalue weighted by Gasteiger charge is 2.32. The third-order valence-electron chi connectivity index (χ3n) is 8.46. The number of alkyl carbamates (subject to hydrolysis) is 1. The first-order valence-corrected chi connectivity index (χ1v) is 19.4. The lowest BCUT2D eigenvalue weighted by molar-refractivity contribution is -0.133. The molecule has 1 aromatic heterocycles. The highest BCUT2D eigenvalue weighted by atomic mass is 32.1. The lowest BCUT2D eigenvalue weighted by Gasteiger charge is -2.30. The van der Waals surface area contributed by atoms with Crippen molar-refractivity contribution < 1.29 is 38.6 Å². The van der Waals surface area contributed by atoms with Crippen LogP contribution in [0.2, 0.25) is 0 Å². The van der Waals surface area contributed by atoms with E-state index in [0.717, 1.165) is 16.3 Å². The Labute approximate surface area is 324 Å². The fourth-order valence-corrected chi connectivity index (χ4v) is 6.24. The largest absolute Gasteiger partial charge is 0.497 e. The fraction of sp³-hybridized carbons (Fsp3) is 0.641. The Bertz CT molecular complexity index is 1520. The van der Waals surface area contributed by atoms with Crippen LogP contribution in [-0.4, -0.2) is 89.8 Å². The van der Waals surface area contributed by atoms with Crippen LogP contribution in [0.1, 0.15) is 85.0 Å². The van der Waals surface area contributed by atoms with Gasteiger partial charge in [0.15, 0.2) is 0 Å². The molecule has 0 aliphatic heterocycles. The number of hydrogen-bond donors (Lipinski definition) is 6. The Morgan fingerprint density at radius 3 is 1.98 bits per heavy atom. The number of carbonyl (C=O) groups is 5. The number of aryl methyl sites for hydroxylation is 1. The van der Waals surface area contributed by atoms with Crippen molar-refractivity contribution in [3.05, 3.63) is 45.9 Å². The monoisotopic (exact) mass is 774 g/mol. The zero-order valence-corrected chi connectivity index (χ0v) is 34.5. The standard InChI is InChI=1S/C39H62N6O8S/c1-22(2)19-40-37(50)33(23(3)4)45-35(48)24(5)16-31(46)29(18-27-12-14-28(52-11)15-13-27)43-36(49)30(20-41-38(51)53-39(8,9)10)44-34(47)25(6)17-32-42-26(7)21-54-32/h12-15,21-25,29-31,33,46H,16-20H2,1-11H3,(H,40,50)(H,41,51)(H,43,49)(H,44,47)(H,45,48)/t24-,25+,29+,30+,31+,33+/m1/s1. The van der Waals surface area contributed by atoms with Gasteiger partial charge in [-0.25, -0.2) is 9.78 Å². The number of methoxy groups -OCH3 is 1. The molecule has 15 heteroatoms. The van der Waals surface area contributed by atoms with E-state index in [0.29, 0.717) is 18.7 Å². The van der Waals surface area contributed by atoms with Gasteiger partial charge in [0.25, 0.3) is 0 Å². The summed E-state index contributed by atoms with van der Waals surface area (Å²) in [7, 11) is 1.55. The molecule has 54 heavy (non-hydrogen) atoms. The van der Waals surface area contributed by atoms with E-state index in [4.69, 9.17) is 9.47 Å². The van der Waals surface area contributed by atoms with Gasteiger partial charge in [0.2, 0.25) is 23.6 Å². The number of aliphatic hydroxyl groups is 1. The number of nitrogens with zero attached hydrogens (tertiary/aromatic N) is 1. The molecule has 6 atom stereocenters. The number of aliphatic hydroxyl groups excluding tert-OH is 1. The van der Waals surface area contributed by atoms with E-state index in [2.05, 4.69) is 31.6 Å². The van der Waals surface area contributed by atoms with Gasteiger partial charge in [0, 0.05) is 35.9 Å². The van der Waals surface area contributed by atoms with E-state index < -0.39 is 65.5 Å². The van der Waals surface area contributed by atoms with Crippen LogP contribution < -0.4 is 31.3 Å².